The lowest BCUT2D eigenvalue weighted by Gasteiger charge is -2.28. The van der Waals surface area contributed by atoms with Gasteiger partial charge in [0.2, 0.25) is 0 Å². The van der Waals surface area contributed by atoms with E-state index in [0.29, 0.717) is 6.61 Å². The molecule has 0 aliphatic carbocycles. The summed E-state index contributed by atoms with van der Waals surface area (Å²) >= 11 is 0. The molecule has 2 rings (SSSR count). The standard InChI is InChI=1S/C11H21N3O2/c15-11(14-6-2-1-3-7-14)16-9-10-8-12-4-5-13-10/h10,12-13H,1-9H2. The molecule has 0 spiro atoms. The number of nitrogens with one attached hydrogen (secondary N) is 2. The summed E-state index contributed by atoms with van der Waals surface area (Å²) in [5, 5.41) is 6.59. The number of piperidine rings is 1. The third-order valence-corrected chi connectivity index (χ3v) is 3.15. The van der Waals surface area contributed by atoms with Crippen LogP contribution in [0.5, 0.6) is 0 Å². The number of nitrogens with zero attached hydrogens (tertiary/aromatic N) is 1. The Morgan fingerprint density at radius 3 is 2.75 bits per heavy atom. The zero-order valence-corrected chi connectivity index (χ0v) is 9.71. The average molecular weight is 227 g/mol. The smallest absolute Gasteiger partial charge is 0.409 e. The number of amides is 1. The monoisotopic (exact) mass is 227 g/mol. The first-order valence-electron chi connectivity index (χ1n) is 6.22. The van der Waals surface area contributed by atoms with Crippen LogP contribution in [0.15, 0.2) is 0 Å². The van der Waals surface area contributed by atoms with Crippen molar-refractivity contribution in [2.24, 2.45) is 0 Å². The second-order valence-corrected chi connectivity index (χ2v) is 4.48. The summed E-state index contributed by atoms with van der Waals surface area (Å²) in [6.07, 6.45) is 3.31. The van der Waals surface area contributed by atoms with E-state index in [4.69, 9.17) is 4.74 Å². The Balaban J connectivity index is 1.65. The minimum atomic E-state index is -0.146. The van der Waals surface area contributed by atoms with Gasteiger partial charge in [0, 0.05) is 32.7 Å². The van der Waals surface area contributed by atoms with Gasteiger partial charge in [0.15, 0.2) is 0 Å². The Morgan fingerprint density at radius 1 is 1.25 bits per heavy atom. The van der Waals surface area contributed by atoms with Crippen LogP contribution in [0.25, 0.3) is 0 Å². The Morgan fingerprint density at radius 2 is 2.06 bits per heavy atom. The van der Waals surface area contributed by atoms with Gasteiger partial charge in [0.1, 0.15) is 6.61 Å². The molecule has 92 valence electrons. The van der Waals surface area contributed by atoms with E-state index in [2.05, 4.69) is 10.6 Å². The van der Waals surface area contributed by atoms with E-state index in [0.717, 1.165) is 45.6 Å². The summed E-state index contributed by atoms with van der Waals surface area (Å²) in [6, 6.07) is 0.266. The second-order valence-electron chi connectivity index (χ2n) is 4.48. The van der Waals surface area contributed by atoms with Gasteiger partial charge < -0.3 is 20.3 Å². The number of ether oxygens (including phenoxy) is 1. The zero-order chi connectivity index (χ0) is 11.2. The van der Waals surface area contributed by atoms with E-state index in [9.17, 15) is 4.79 Å². The highest BCUT2D eigenvalue weighted by Gasteiger charge is 2.20. The molecule has 2 aliphatic heterocycles. The molecule has 2 aliphatic rings. The number of likely N-dealkylation sites (tertiary alicyclic amines) is 1. The number of carbonyl (C=O) groups excluding carboxylic acids is 1. The second kappa shape index (κ2) is 6.06. The van der Waals surface area contributed by atoms with E-state index in [-0.39, 0.29) is 12.1 Å². The number of hydrogen-bond donors (Lipinski definition) is 2. The van der Waals surface area contributed by atoms with Gasteiger partial charge in [-0.25, -0.2) is 4.79 Å². The van der Waals surface area contributed by atoms with Crippen LogP contribution in [0.4, 0.5) is 4.79 Å². The molecular weight excluding hydrogens is 206 g/mol. The van der Waals surface area contributed by atoms with E-state index in [1.807, 2.05) is 4.90 Å². The van der Waals surface area contributed by atoms with E-state index >= 15 is 0 Å². The highest BCUT2D eigenvalue weighted by Crippen LogP contribution is 2.09. The molecule has 1 atom stereocenters. The molecule has 0 radical (unpaired) electrons. The molecule has 16 heavy (non-hydrogen) atoms. The van der Waals surface area contributed by atoms with Crippen LogP contribution in [-0.4, -0.2) is 56.4 Å². The molecule has 5 nitrogen and oxygen atoms in total. The van der Waals surface area contributed by atoms with Crippen LogP contribution in [0.3, 0.4) is 0 Å². The molecule has 2 heterocycles. The lowest BCUT2D eigenvalue weighted by Crippen LogP contribution is -2.51. The number of rotatable bonds is 2. The van der Waals surface area contributed by atoms with Crippen molar-refractivity contribution in [3.05, 3.63) is 0 Å². The topological polar surface area (TPSA) is 53.6 Å². The molecule has 0 bridgehead atoms. The van der Waals surface area contributed by atoms with Crippen LogP contribution in [0.1, 0.15) is 19.3 Å². The van der Waals surface area contributed by atoms with E-state index in [1.165, 1.54) is 6.42 Å². The summed E-state index contributed by atoms with van der Waals surface area (Å²) in [5.41, 5.74) is 0. The summed E-state index contributed by atoms with van der Waals surface area (Å²) in [4.78, 5) is 13.5. The molecule has 0 aromatic carbocycles. The van der Waals surface area contributed by atoms with Crippen molar-refractivity contribution in [1.82, 2.24) is 15.5 Å². The van der Waals surface area contributed by atoms with Gasteiger partial charge in [-0.05, 0) is 19.3 Å². The van der Waals surface area contributed by atoms with Crippen molar-refractivity contribution in [3.8, 4) is 0 Å². The van der Waals surface area contributed by atoms with Crippen LogP contribution in [0, 0.1) is 0 Å². The Labute approximate surface area is 96.5 Å². The molecule has 0 aromatic heterocycles. The van der Waals surface area contributed by atoms with E-state index < -0.39 is 0 Å². The van der Waals surface area contributed by atoms with Crippen molar-refractivity contribution in [2.75, 3.05) is 39.3 Å². The highest BCUT2D eigenvalue weighted by atomic mass is 16.6. The van der Waals surface area contributed by atoms with Crippen LogP contribution in [-0.2, 0) is 4.74 Å². The minimum Gasteiger partial charge on any atom is -0.448 e. The maximum absolute atomic E-state index is 11.7. The highest BCUT2D eigenvalue weighted by molar-refractivity contribution is 5.67. The van der Waals surface area contributed by atoms with Crippen molar-refractivity contribution in [3.63, 3.8) is 0 Å². The first-order chi connectivity index (χ1) is 7.86. The molecule has 5 heteroatoms. The fourth-order valence-corrected chi connectivity index (χ4v) is 2.17. The van der Waals surface area contributed by atoms with Gasteiger partial charge in [-0.2, -0.15) is 0 Å². The number of piperazine rings is 1. The largest absolute Gasteiger partial charge is 0.448 e. The Hall–Kier alpha value is -0.810. The molecule has 1 unspecified atom stereocenters. The minimum absolute atomic E-state index is 0.146. The molecule has 1 amide bonds. The Bertz CT molecular complexity index is 223. The molecule has 2 saturated heterocycles. The lowest BCUT2D eigenvalue weighted by atomic mass is 10.1. The summed E-state index contributed by atoms with van der Waals surface area (Å²) in [6.45, 7) is 5.02. The van der Waals surface area contributed by atoms with Crippen molar-refractivity contribution >= 4 is 6.09 Å². The van der Waals surface area contributed by atoms with Crippen LogP contribution in [0.2, 0.25) is 0 Å². The molecule has 0 aromatic rings. The SMILES string of the molecule is O=C(OCC1CNCCN1)N1CCCCC1. The normalized spacial score (nSPS) is 26.5. The lowest BCUT2D eigenvalue weighted by molar-refractivity contribution is 0.0848. The number of hydrogen-bond acceptors (Lipinski definition) is 4. The molecule has 2 N–H and O–H groups in total. The van der Waals surface area contributed by atoms with Crippen LogP contribution >= 0.6 is 0 Å². The molecule has 0 saturated carbocycles. The number of carbonyl (C=O) groups is 1. The van der Waals surface area contributed by atoms with Gasteiger partial charge >= 0.3 is 6.09 Å². The van der Waals surface area contributed by atoms with Gasteiger partial charge in [-0.1, -0.05) is 0 Å². The fourth-order valence-electron chi connectivity index (χ4n) is 2.17. The third kappa shape index (κ3) is 3.35. The summed E-state index contributed by atoms with van der Waals surface area (Å²) in [7, 11) is 0. The maximum atomic E-state index is 11.7. The van der Waals surface area contributed by atoms with Gasteiger partial charge in [-0.15, -0.1) is 0 Å². The summed E-state index contributed by atoms with van der Waals surface area (Å²) in [5.74, 6) is 0. The predicted molar refractivity (Wildman–Crippen MR) is 61.4 cm³/mol. The third-order valence-electron chi connectivity index (χ3n) is 3.15. The van der Waals surface area contributed by atoms with Gasteiger partial charge in [0.25, 0.3) is 0 Å². The van der Waals surface area contributed by atoms with Crippen molar-refractivity contribution < 1.29 is 9.53 Å². The fraction of sp³-hybridized carbons (Fsp3) is 0.909. The quantitative estimate of drug-likeness (QED) is 0.706. The molecular formula is C11H21N3O2. The van der Waals surface area contributed by atoms with Crippen molar-refractivity contribution in [2.45, 2.75) is 25.3 Å². The summed E-state index contributed by atoms with van der Waals surface area (Å²) < 4.78 is 5.31. The average Bonchev–Trinajstić information content (AvgIpc) is 2.38. The zero-order valence-electron chi connectivity index (χ0n) is 9.71. The van der Waals surface area contributed by atoms with Gasteiger partial charge in [0.05, 0.1) is 6.04 Å². The first-order valence-corrected chi connectivity index (χ1v) is 6.22. The predicted octanol–water partition coefficient (Wildman–Crippen LogP) is 0.170. The van der Waals surface area contributed by atoms with Gasteiger partial charge in [-0.3, -0.25) is 0 Å². The van der Waals surface area contributed by atoms with E-state index in [1.54, 1.807) is 0 Å². The maximum Gasteiger partial charge on any atom is 0.409 e. The van der Waals surface area contributed by atoms with Crippen molar-refractivity contribution in [1.29, 1.82) is 0 Å². The first kappa shape index (κ1) is 11.7. The van der Waals surface area contributed by atoms with Crippen LogP contribution < -0.4 is 10.6 Å². The molecule has 2 fully saturated rings. The Kier molecular flexibility index (Phi) is 4.42.